The van der Waals surface area contributed by atoms with Crippen molar-refractivity contribution in [3.8, 4) is 0 Å². The first-order valence-electron chi connectivity index (χ1n) is 6.24. The van der Waals surface area contributed by atoms with E-state index < -0.39 is 0 Å². The number of nitrogens with zero attached hydrogens (tertiary/aromatic N) is 3. The number of ether oxygens (including phenoxy) is 1. The minimum absolute atomic E-state index is 0.195. The molecule has 2 rings (SSSR count). The number of hydrogen-bond donors (Lipinski definition) is 1. The lowest BCUT2D eigenvalue weighted by molar-refractivity contribution is -0.0629. The maximum Gasteiger partial charge on any atom is 0.0948 e. The zero-order valence-electron chi connectivity index (χ0n) is 10.9. The summed E-state index contributed by atoms with van der Waals surface area (Å²) in [5.41, 5.74) is 1.25. The lowest BCUT2D eigenvalue weighted by Crippen LogP contribution is -2.47. The van der Waals surface area contributed by atoms with Gasteiger partial charge < -0.3 is 14.6 Å². The van der Waals surface area contributed by atoms with Crippen LogP contribution in [0.2, 0.25) is 0 Å². The third-order valence-corrected chi connectivity index (χ3v) is 3.40. The van der Waals surface area contributed by atoms with E-state index in [1.165, 1.54) is 5.69 Å². The molecule has 1 aromatic rings. The molecule has 96 valence electrons. The SMILES string of the molecule is CCn1cncc1C1C(CNC)OCCN1C. The Morgan fingerprint density at radius 3 is 3.12 bits per heavy atom. The van der Waals surface area contributed by atoms with Crippen molar-refractivity contribution in [1.82, 2.24) is 19.8 Å². The molecule has 0 aromatic carbocycles. The van der Waals surface area contributed by atoms with Crippen molar-refractivity contribution >= 4 is 0 Å². The number of aromatic nitrogens is 2. The van der Waals surface area contributed by atoms with E-state index in [4.69, 9.17) is 4.74 Å². The van der Waals surface area contributed by atoms with Gasteiger partial charge in [-0.05, 0) is 21.0 Å². The Morgan fingerprint density at radius 2 is 2.41 bits per heavy atom. The molecule has 5 heteroatoms. The zero-order valence-corrected chi connectivity index (χ0v) is 10.9. The number of rotatable bonds is 4. The summed E-state index contributed by atoms with van der Waals surface area (Å²) in [5, 5.41) is 3.21. The molecule has 1 saturated heterocycles. The van der Waals surface area contributed by atoms with Crippen molar-refractivity contribution in [3.63, 3.8) is 0 Å². The lowest BCUT2D eigenvalue weighted by atomic mass is 10.0. The highest BCUT2D eigenvalue weighted by Gasteiger charge is 2.32. The van der Waals surface area contributed by atoms with Crippen molar-refractivity contribution in [3.05, 3.63) is 18.2 Å². The highest BCUT2D eigenvalue weighted by Crippen LogP contribution is 2.27. The van der Waals surface area contributed by atoms with Gasteiger partial charge in [-0.2, -0.15) is 0 Å². The van der Waals surface area contributed by atoms with Gasteiger partial charge in [0.2, 0.25) is 0 Å². The third kappa shape index (κ3) is 2.51. The van der Waals surface area contributed by atoms with E-state index in [0.717, 1.165) is 26.2 Å². The van der Waals surface area contributed by atoms with Gasteiger partial charge in [-0.1, -0.05) is 0 Å². The predicted molar refractivity (Wildman–Crippen MR) is 66.9 cm³/mol. The van der Waals surface area contributed by atoms with E-state index in [1.54, 1.807) is 0 Å². The maximum absolute atomic E-state index is 5.88. The zero-order chi connectivity index (χ0) is 12.3. The van der Waals surface area contributed by atoms with E-state index in [0.29, 0.717) is 6.04 Å². The molecule has 0 bridgehead atoms. The molecule has 0 aliphatic carbocycles. The summed E-state index contributed by atoms with van der Waals surface area (Å²) >= 11 is 0. The summed E-state index contributed by atoms with van der Waals surface area (Å²) in [5.74, 6) is 0. The van der Waals surface area contributed by atoms with Crippen molar-refractivity contribution in [2.45, 2.75) is 25.6 Å². The number of hydrogen-bond acceptors (Lipinski definition) is 4. The summed E-state index contributed by atoms with van der Waals surface area (Å²) in [4.78, 5) is 6.61. The van der Waals surface area contributed by atoms with Gasteiger partial charge in [0.25, 0.3) is 0 Å². The first-order chi connectivity index (χ1) is 8.27. The van der Waals surface area contributed by atoms with Crippen molar-refractivity contribution in [2.75, 3.05) is 33.8 Å². The molecule has 17 heavy (non-hydrogen) atoms. The highest BCUT2D eigenvalue weighted by molar-refractivity contribution is 5.09. The van der Waals surface area contributed by atoms with Crippen LogP contribution >= 0.6 is 0 Å². The van der Waals surface area contributed by atoms with Crippen molar-refractivity contribution in [1.29, 1.82) is 0 Å². The van der Waals surface area contributed by atoms with Crippen LogP contribution < -0.4 is 5.32 Å². The summed E-state index contributed by atoms with van der Waals surface area (Å²) in [7, 11) is 4.12. The molecule has 1 aromatic heterocycles. The molecule has 1 fully saturated rings. The molecule has 5 nitrogen and oxygen atoms in total. The Bertz CT molecular complexity index is 350. The Labute approximate surface area is 103 Å². The molecule has 0 radical (unpaired) electrons. The fourth-order valence-corrected chi connectivity index (χ4v) is 2.49. The Morgan fingerprint density at radius 1 is 1.59 bits per heavy atom. The number of imidazole rings is 1. The second-order valence-corrected chi connectivity index (χ2v) is 4.50. The van der Waals surface area contributed by atoms with Gasteiger partial charge in [0, 0.05) is 25.8 Å². The Hall–Kier alpha value is -0.910. The minimum Gasteiger partial charge on any atom is -0.374 e. The van der Waals surface area contributed by atoms with Crippen LogP contribution in [0.15, 0.2) is 12.5 Å². The Kier molecular flexibility index (Phi) is 4.15. The van der Waals surface area contributed by atoms with Crippen molar-refractivity contribution in [2.24, 2.45) is 0 Å². The van der Waals surface area contributed by atoms with E-state index in [-0.39, 0.29) is 6.10 Å². The predicted octanol–water partition coefficient (Wildman–Crippen LogP) is 0.494. The molecule has 1 aliphatic heterocycles. The molecule has 2 heterocycles. The van der Waals surface area contributed by atoms with Crippen LogP contribution in [0.4, 0.5) is 0 Å². The van der Waals surface area contributed by atoms with Crippen molar-refractivity contribution < 1.29 is 4.74 Å². The second-order valence-electron chi connectivity index (χ2n) is 4.50. The van der Waals surface area contributed by atoms with Crippen LogP contribution in [0.5, 0.6) is 0 Å². The summed E-state index contributed by atoms with van der Waals surface area (Å²) in [6, 6.07) is 0.290. The molecule has 0 spiro atoms. The van der Waals surface area contributed by atoms with E-state index >= 15 is 0 Å². The fourth-order valence-electron chi connectivity index (χ4n) is 2.49. The minimum atomic E-state index is 0.195. The van der Waals surface area contributed by atoms with Crippen LogP contribution in [0.3, 0.4) is 0 Å². The third-order valence-electron chi connectivity index (χ3n) is 3.40. The number of aryl methyl sites for hydroxylation is 1. The summed E-state index contributed by atoms with van der Waals surface area (Å²) in [6.45, 7) is 5.73. The number of morpholine rings is 1. The fraction of sp³-hybridized carbons (Fsp3) is 0.750. The number of nitrogens with one attached hydrogen (secondary N) is 1. The van der Waals surface area contributed by atoms with Gasteiger partial charge in [0.15, 0.2) is 0 Å². The monoisotopic (exact) mass is 238 g/mol. The molecule has 1 aliphatic rings. The lowest BCUT2D eigenvalue weighted by Gasteiger charge is -2.39. The van der Waals surface area contributed by atoms with Gasteiger partial charge >= 0.3 is 0 Å². The number of likely N-dealkylation sites (N-methyl/N-ethyl adjacent to an activating group) is 2. The molecular weight excluding hydrogens is 216 g/mol. The average molecular weight is 238 g/mol. The quantitative estimate of drug-likeness (QED) is 0.829. The highest BCUT2D eigenvalue weighted by atomic mass is 16.5. The van der Waals surface area contributed by atoms with Crippen LogP contribution in [-0.2, 0) is 11.3 Å². The summed E-state index contributed by atoms with van der Waals surface area (Å²) in [6.07, 6.45) is 4.05. The summed E-state index contributed by atoms with van der Waals surface area (Å²) < 4.78 is 8.07. The van der Waals surface area contributed by atoms with Crippen LogP contribution in [0.25, 0.3) is 0 Å². The van der Waals surface area contributed by atoms with Gasteiger partial charge in [-0.15, -0.1) is 0 Å². The first-order valence-corrected chi connectivity index (χ1v) is 6.24. The second kappa shape index (κ2) is 5.62. The molecule has 0 saturated carbocycles. The van der Waals surface area contributed by atoms with Gasteiger partial charge in [0.1, 0.15) is 0 Å². The average Bonchev–Trinajstić information content (AvgIpc) is 2.77. The van der Waals surface area contributed by atoms with Gasteiger partial charge in [0.05, 0.1) is 30.8 Å². The van der Waals surface area contributed by atoms with E-state index in [2.05, 4.69) is 33.7 Å². The van der Waals surface area contributed by atoms with E-state index in [9.17, 15) is 0 Å². The van der Waals surface area contributed by atoms with Gasteiger partial charge in [-0.3, -0.25) is 4.90 Å². The molecular formula is C12H22N4O. The van der Waals surface area contributed by atoms with Crippen LogP contribution in [-0.4, -0.2) is 54.3 Å². The molecule has 1 N–H and O–H groups in total. The maximum atomic E-state index is 5.88. The standard InChI is InChI=1S/C12H22N4O/c1-4-16-9-14-7-10(16)12-11(8-13-2)17-6-5-15(12)3/h7,9,11-13H,4-6,8H2,1-3H3. The smallest absolute Gasteiger partial charge is 0.0948 e. The first kappa shape index (κ1) is 12.5. The Balaban J connectivity index is 2.24. The molecule has 2 atom stereocenters. The van der Waals surface area contributed by atoms with Crippen LogP contribution in [0.1, 0.15) is 18.7 Å². The normalized spacial score (nSPS) is 26.3. The topological polar surface area (TPSA) is 42.3 Å². The van der Waals surface area contributed by atoms with Crippen LogP contribution in [0, 0.1) is 0 Å². The molecule has 2 unspecified atom stereocenters. The van der Waals surface area contributed by atoms with Gasteiger partial charge in [-0.25, -0.2) is 4.98 Å². The largest absolute Gasteiger partial charge is 0.374 e. The molecule has 0 amide bonds. The van der Waals surface area contributed by atoms with E-state index in [1.807, 2.05) is 19.6 Å².